The first-order valence-corrected chi connectivity index (χ1v) is 12.8. The van der Waals surface area contributed by atoms with E-state index in [1.165, 1.54) is 23.5 Å². The summed E-state index contributed by atoms with van der Waals surface area (Å²) in [5, 5.41) is 8.54. The van der Waals surface area contributed by atoms with Gasteiger partial charge in [-0.1, -0.05) is 22.0 Å². The molecule has 0 radical (unpaired) electrons. The number of hydrogen-bond acceptors (Lipinski definition) is 4. The fourth-order valence-corrected chi connectivity index (χ4v) is 5.29. The number of hydrogen-bond donors (Lipinski definition) is 2. The van der Waals surface area contributed by atoms with Gasteiger partial charge in [-0.25, -0.2) is 4.79 Å². The number of nitrogens with zero attached hydrogens (tertiary/aromatic N) is 2. The van der Waals surface area contributed by atoms with Gasteiger partial charge in [0.25, 0.3) is 0 Å². The highest BCUT2D eigenvalue weighted by Crippen LogP contribution is 2.38. The van der Waals surface area contributed by atoms with Crippen molar-refractivity contribution in [3.63, 3.8) is 0 Å². The molecule has 1 aliphatic rings. The van der Waals surface area contributed by atoms with Crippen LogP contribution in [0.1, 0.15) is 18.4 Å². The van der Waals surface area contributed by atoms with Crippen LogP contribution in [0.15, 0.2) is 52.3 Å². The SMILES string of the molecule is O=C(NCCCCN1CCN(c2csc3cc(C(F)(F)F)ccc23)CC1)Nc1ccc(Br)cc1. The van der Waals surface area contributed by atoms with Crippen LogP contribution in [0.5, 0.6) is 0 Å². The molecule has 2 heterocycles. The predicted octanol–water partition coefficient (Wildman–Crippen LogP) is 6.41. The third-order valence-corrected chi connectivity index (χ3v) is 7.35. The van der Waals surface area contributed by atoms with Crippen molar-refractivity contribution in [3.05, 3.63) is 57.9 Å². The summed E-state index contributed by atoms with van der Waals surface area (Å²) in [5.41, 5.74) is 1.17. The monoisotopic (exact) mass is 554 g/mol. The van der Waals surface area contributed by atoms with Gasteiger partial charge < -0.3 is 15.5 Å². The number of piperazine rings is 1. The van der Waals surface area contributed by atoms with E-state index < -0.39 is 11.7 Å². The minimum atomic E-state index is -4.32. The van der Waals surface area contributed by atoms with E-state index in [-0.39, 0.29) is 6.03 Å². The lowest BCUT2D eigenvalue weighted by Crippen LogP contribution is -2.46. The molecule has 0 spiro atoms. The molecule has 3 aromatic rings. The van der Waals surface area contributed by atoms with Gasteiger partial charge in [0.15, 0.2) is 0 Å². The van der Waals surface area contributed by atoms with Crippen molar-refractivity contribution in [2.24, 2.45) is 0 Å². The van der Waals surface area contributed by atoms with Gasteiger partial charge in [0.2, 0.25) is 0 Å². The van der Waals surface area contributed by atoms with E-state index in [1.807, 2.05) is 29.6 Å². The van der Waals surface area contributed by atoms with Crippen molar-refractivity contribution < 1.29 is 18.0 Å². The van der Waals surface area contributed by atoms with E-state index in [4.69, 9.17) is 0 Å². The summed E-state index contributed by atoms with van der Waals surface area (Å²) in [6.45, 7) is 5.10. The number of fused-ring (bicyclic) bond motifs is 1. The number of alkyl halides is 3. The Bertz CT molecular complexity index is 1110. The number of amides is 2. The van der Waals surface area contributed by atoms with Gasteiger partial charge in [-0.3, -0.25) is 4.90 Å². The van der Waals surface area contributed by atoms with Crippen LogP contribution in [0, 0.1) is 0 Å². The Morgan fingerprint density at radius 3 is 2.47 bits per heavy atom. The summed E-state index contributed by atoms with van der Waals surface area (Å²) < 4.78 is 40.6. The molecule has 182 valence electrons. The molecule has 0 bridgehead atoms. The predicted molar refractivity (Wildman–Crippen MR) is 136 cm³/mol. The minimum Gasteiger partial charge on any atom is -0.368 e. The van der Waals surface area contributed by atoms with Crippen LogP contribution in [0.4, 0.5) is 29.3 Å². The number of nitrogens with one attached hydrogen (secondary N) is 2. The highest BCUT2D eigenvalue weighted by atomic mass is 79.9. The summed E-state index contributed by atoms with van der Waals surface area (Å²) in [6, 6.07) is 11.2. The van der Waals surface area contributed by atoms with Crippen molar-refractivity contribution >= 4 is 54.8 Å². The Hall–Kier alpha value is -2.30. The molecule has 1 saturated heterocycles. The lowest BCUT2D eigenvalue weighted by atomic mass is 10.1. The molecule has 2 aromatic carbocycles. The molecule has 0 saturated carbocycles. The summed E-state index contributed by atoms with van der Waals surface area (Å²) in [5.74, 6) is 0. The molecule has 1 aromatic heterocycles. The van der Waals surface area contributed by atoms with Gasteiger partial charge in [0.1, 0.15) is 0 Å². The van der Waals surface area contributed by atoms with Gasteiger partial charge in [-0.05, 0) is 55.8 Å². The van der Waals surface area contributed by atoms with Crippen LogP contribution < -0.4 is 15.5 Å². The Balaban J connectivity index is 1.16. The Morgan fingerprint density at radius 2 is 1.76 bits per heavy atom. The lowest BCUT2D eigenvalue weighted by Gasteiger charge is -2.36. The molecule has 0 aliphatic carbocycles. The lowest BCUT2D eigenvalue weighted by molar-refractivity contribution is -0.137. The second-order valence-corrected chi connectivity index (χ2v) is 10.1. The highest BCUT2D eigenvalue weighted by Gasteiger charge is 2.31. The maximum Gasteiger partial charge on any atom is 0.416 e. The average molecular weight is 555 g/mol. The van der Waals surface area contributed by atoms with E-state index in [0.717, 1.165) is 66.8 Å². The van der Waals surface area contributed by atoms with Crippen LogP contribution >= 0.6 is 27.3 Å². The number of carbonyl (C=O) groups is 1. The fourth-order valence-electron chi connectivity index (χ4n) is 4.02. The maximum absolute atomic E-state index is 13.0. The largest absolute Gasteiger partial charge is 0.416 e. The van der Waals surface area contributed by atoms with Crippen LogP contribution in [-0.2, 0) is 6.18 Å². The van der Waals surface area contributed by atoms with E-state index in [2.05, 4.69) is 36.4 Å². The molecular formula is C24H26BrF3N4OS. The first kappa shape index (κ1) is 24.8. The molecule has 0 atom stereocenters. The second-order valence-electron chi connectivity index (χ2n) is 8.25. The van der Waals surface area contributed by atoms with Crippen LogP contribution in [0.3, 0.4) is 0 Å². The fraction of sp³-hybridized carbons (Fsp3) is 0.375. The number of urea groups is 1. The molecule has 5 nitrogen and oxygen atoms in total. The quantitative estimate of drug-likeness (QED) is 0.332. The average Bonchev–Trinajstić information content (AvgIpc) is 3.24. The molecular weight excluding hydrogens is 529 g/mol. The zero-order valence-corrected chi connectivity index (χ0v) is 20.9. The topological polar surface area (TPSA) is 47.6 Å². The Morgan fingerprint density at radius 1 is 1.03 bits per heavy atom. The molecule has 2 amide bonds. The number of carbonyl (C=O) groups excluding carboxylic acids is 1. The zero-order chi connectivity index (χ0) is 24.1. The van der Waals surface area contributed by atoms with Crippen LogP contribution in [-0.4, -0.2) is 50.2 Å². The van der Waals surface area contributed by atoms with Gasteiger partial charge in [0.05, 0.1) is 11.3 Å². The second kappa shape index (κ2) is 11.0. The smallest absolute Gasteiger partial charge is 0.368 e. The Kier molecular flexibility index (Phi) is 8.00. The van der Waals surface area contributed by atoms with Gasteiger partial charge >= 0.3 is 12.2 Å². The molecule has 2 N–H and O–H groups in total. The molecule has 0 unspecified atom stereocenters. The summed E-state index contributed by atoms with van der Waals surface area (Å²) in [4.78, 5) is 16.6. The van der Waals surface area contributed by atoms with Crippen molar-refractivity contribution in [3.8, 4) is 0 Å². The number of unbranched alkanes of at least 4 members (excludes halogenated alkanes) is 1. The molecule has 34 heavy (non-hydrogen) atoms. The first-order chi connectivity index (χ1) is 16.3. The van der Waals surface area contributed by atoms with Gasteiger partial charge in [-0.15, -0.1) is 11.3 Å². The molecule has 1 fully saturated rings. The molecule has 10 heteroatoms. The van der Waals surface area contributed by atoms with Gasteiger partial charge in [-0.2, -0.15) is 13.2 Å². The van der Waals surface area contributed by atoms with E-state index in [9.17, 15) is 18.0 Å². The van der Waals surface area contributed by atoms with Crippen molar-refractivity contribution in [1.82, 2.24) is 10.2 Å². The van der Waals surface area contributed by atoms with E-state index >= 15 is 0 Å². The van der Waals surface area contributed by atoms with E-state index in [1.54, 1.807) is 6.07 Å². The van der Waals surface area contributed by atoms with Crippen molar-refractivity contribution in [1.29, 1.82) is 0 Å². The minimum absolute atomic E-state index is 0.207. The zero-order valence-electron chi connectivity index (χ0n) is 18.5. The molecule has 4 rings (SSSR count). The van der Waals surface area contributed by atoms with Crippen LogP contribution in [0.25, 0.3) is 10.1 Å². The third-order valence-electron chi connectivity index (χ3n) is 5.88. The number of anilines is 2. The summed E-state index contributed by atoms with van der Waals surface area (Å²) >= 11 is 4.73. The standard InChI is InChI=1S/C24H26BrF3N4OS/c25-18-4-6-19(7-5-18)30-23(33)29-9-1-2-10-31-11-13-32(14-12-31)21-16-34-22-15-17(24(26,27)28)3-8-20(21)22/h3-8,15-16H,1-2,9-14H2,(H2,29,30,33). The number of halogens is 4. The normalized spacial score (nSPS) is 15.0. The Labute approximate surface area is 209 Å². The highest BCUT2D eigenvalue weighted by molar-refractivity contribution is 9.10. The number of rotatable bonds is 7. The van der Waals surface area contributed by atoms with Gasteiger partial charge in [0, 0.05) is 58.4 Å². The summed E-state index contributed by atoms with van der Waals surface area (Å²) in [6.07, 6.45) is -2.44. The van der Waals surface area contributed by atoms with E-state index in [0.29, 0.717) is 11.2 Å². The number of thiophene rings is 1. The third kappa shape index (κ3) is 6.43. The number of benzene rings is 2. The summed E-state index contributed by atoms with van der Waals surface area (Å²) in [7, 11) is 0. The first-order valence-electron chi connectivity index (χ1n) is 11.2. The van der Waals surface area contributed by atoms with Crippen molar-refractivity contribution in [2.75, 3.05) is 49.5 Å². The van der Waals surface area contributed by atoms with Crippen molar-refractivity contribution in [2.45, 2.75) is 19.0 Å². The molecule has 1 aliphatic heterocycles. The maximum atomic E-state index is 13.0. The van der Waals surface area contributed by atoms with Crippen LogP contribution in [0.2, 0.25) is 0 Å².